The highest BCUT2D eigenvalue weighted by Gasteiger charge is 2.81. The SMILES string of the molecule is CC(C)(C)[C@]1(O)C[C@@]2(C)[C@@H](CCC23OCCO3)[C@@H]2C[C@@H]3C[C@@]34CC3(CC[C@]4(C)[C@H]21)OCCO3. The quantitative estimate of drug-likeness (QED) is 0.557. The van der Waals surface area contributed by atoms with Gasteiger partial charge in [0.25, 0.3) is 0 Å². The van der Waals surface area contributed by atoms with E-state index < -0.39 is 11.4 Å². The van der Waals surface area contributed by atoms with Gasteiger partial charge in [-0.1, -0.05) is 34.6 Å². The summed E-state index contributed by atoms with van der Waals surface area (Å²) in [6.45, 7) is 14.6. The Labute approximate surface area is 199 Å². The van der Waals surface area contributed by atoms with Crippen LogP contribution in [0.5, 0.6) is 0 Å². The summed E-state index contributed by atoms with van der Waals surface area (Å²) >= 11 is 0. The molecule has 0 radical (unpaired) electrons. The summed E-state index contributed by atoms with van der Waals surface area (Å²) in [5, 5.41) is 13.0. The van der Waals surface area contributed by atoms with Crippen LogP contribution in [0.2, 0.25) is 0 Å². The van der Waals surface area contributed by atoms with E-state index in [0.717, 1.165) is 51.2 Å². The summed E-state index contributed by atoms with van der Waals surface area (Å²) in [5.41, 5.74) is -0.718. The number of hydrogen-bond donors (Lipinski definition) is 1. The fraction of sp³-hybridized carbons (Fsp3) is 1.00. The molecule has 5 heteroatoms. The minimum absolute atomic E-state index is 0.123. The molecule has 2 heterocycles. The maximum Gasteiger partial charge on any atom is 0.174 e. The maximum absolute atomic E-state index is 13.0. The summed E-state index contributed by atoms with van der Waals surface area (Å²) < 4.78 is 25.4. The number of hydrogen-bond acceptors (Lipinski definition) is 5. The Morgan fingerprint density at radius 1 is 0.818 bits per heavy atom. The minimum Gasteiger partial charge on any atom is -0.389 e. The second kappa shape index (κ2) is 6.19. The molecule has 8 atom stereocenters. The van der Waals surface area contributed by atoms with Gasteiger partial charge in [0.2, 0.25) is 0 Å². The zero-order valence-corrected chi connectivity index (χ0v) is 21.4. The molecule has 5 aliphatic carbocycles. The molecular formula is C28H44O5. The first kappa shape index (κ1) is 22.0. The van der Waals surface area contributed by atoms with Gasteiger partial charge in [0, 0.05) is 24.7 Å². The van der Waals surface area contributed by atoms with Gasteiger partial charge in [0.05, 0.1) is 32.0 Å². The van der Waals surface area contributed by atoms with Gasteiger partial charge in [-0.25, -0.2) is 0 Å². The van der Waals surface area contributed by atoms with Gasteiger partial charge in [-0.15, -0.1) is 0 Å². The van der Waals surface area contributed by atoms with Crippen molar-refractivity contribution in [3.8, 4) is 0 Å². The van der Waals surface area contributed by atoms with Crippen molar-refractivity contribution in [3.05, 3.63) is 0 Å². The van der Waals surface area contributed by atoms with Crippen LogP contribution in [0.15, 0.2) is 0 Å². The van der Waals surface area contributed by atoms with E-state index in [1.54, 1.807) is 0 Å². The van der Waals surface area contributed by atoms with Gasteiger partial charge in [0.1, 0.15) is 0 Å². The van der Waals surface area contributed by atoms with E-state index in [2.05, 4.69) is 34.6 Å². The molecule has 0 aromatic heterocycles. The van der Waals surface area contributed by atoms with Gasteiger partial charge in [-0.05, 0) is 72.0 Å². The van der Waals surface area contributed by atoms with E-state index in [4.69, 9.17) is 18.9 Å². The van der Waals surface area contributed by atoms with Crippen molar-refractivity contribution in [3.63, 3.8) is 0 Å². The third-order valence-corrected chi connectivity index (χ3v) is 12.7. The first-order valence-electron chi connectivity index (χ1n) is 13.7. The summed E-state index contributed by atoms with van der Waals surface area (Å²) in [6, 6.07) is 0. The van der Waals surface area contributed by atoms with Crippen LogP contribution >= 0.6 is 0 Å². The minimum atomic E-state index is -0.757. The third-order valence-electron chi connectivity index (χ3n) is 12.7. The van der Waals surface area contributed by atoms with Crippen LogP contribution in [-0.2, 0) is 18.9 Å². The van der Waals surface area contributed by atoms with E-state index in [1.807, 2.05) is 0 Å². The molecule has 186 valence electrons. The van der Waals surface area contributed by atoms with E-state index in [1.165, 1.54) is 19.3 Å². The largest absolute Gasteiger partial charge is 0.389 e. The maximum atomic E-state index is 13.0. The molecule has 7 aliphatic rings. The lowest BCUT2D eigenvalue weighted by atomic mass is 9.38. The van der Waals surface area contributed by atoms with Gasteiger partial charge >= 0.3 is 0 Å². The second-order valence-corrected chi connectivity index (χ2v) is 14.5. The van der Waals surface area contributed by atoms with Crippen LogP contribution in [0.4, 0.5) is 0 Å². The van der Waals surface area contributed by atoms with Crippen LogP contribution in [0.3, 0.4) is 0 Å². The molecular weight excluding hydrogens is 416 g/mol. The van der Waals surface area contributed by atoms with E-state index in [0.29, 0.717) is 31.0 Å². The van der Waals surface area contributed by atoms with Crippen molar-refractivity contribution in [2.24, 2.45) is 45.3 Å². The summed E-state index contributed by atoms with van der Waals surface area (Å²) in [7, 11) is 0. The van der Waals surface area contributed by atoms with E-state index >= 15 is 0 Å². The lowest BCUT2D eigenvalue weighted by molar-refractivity contribution is -0.316. The van der Waals surface area contributed by atoms with Crippen LogP contribution in [-0.4, -0.2) is 48.7 Å². The molecule has 3 spiro atoms. The molecule has 7 rings (SSSR count). The van der Waals surface area contributed by atoms with E-state index in [-0.39, 0.29) is 27.4 Å². The second-order valence-electron chi connectivity index (χ2n) is 14.5. The summed E-state index contributed by atoms with van der Waals surface area (Å²) in [4.78, 5) is 0. The first-order chi connectivity index (χ1) is 15.4. The molecule has 0 bridgehead atoms. The molecule has 5 nitrogen and oxygen atoms in total. The van der Waals surface area contributed by atoms with Crippen LogP contribution in [0, 0.1) is 45.3 Å². The molecule has 5 saturated carbocycles. The fourth-order valence-corrected chi connectivity index (χ4v) is 11.0. The predicted octanol–water partition coefficient (Wildman–Crippen LogP) is 4.90. The lowest BCUT2D eigenvalue weighted by Crippen LogP contribution is -2.70. The normalized spacial score (nSPS) is 55.8. The highest BCUT2D eigenvalue weighted by molar-refractivity contribution is 5.29. The fourth-order valence-electron chi connectivity index (χ4n) is 11.0. The molecule has 7 fully saturated rings. The highest BCUT2D eigenvalue weighted by atomic mass is 16.7. The Morgan fingerprint density at radius 3 is 2.15 bits per heavy atom. The first-order valence-corrected chi connectivity index (χ1v) is 13.7. The number of ether oxygens (including phenoxy) is 4. The third kappa shape index (κ3) is 2.39. The molecule has 0 aromatic carbocycles. The molecule has 2 saturated heterocycles. The van der Waals surface area contributed by atoms with Gasteiger partial charge < -0.3 is 24.1 Å². The summed E-state index contributed by atoms with van der Waals surface area (Å²) in [6.07, 6.45) is 8.56. The van der Waals surface area contributed by atoms with Crippen molar-refractivity contribution in [2.45, 2.75) is 103 Å². The monoisotopic (exact) mass is 460 g/mol. The lowest BCUT2D eigenvalue weighted by Gasteiger charge is -2.69. The highest BCUT2D eigenvalue weighted by Crippen LogP contribution is 2.84. The average molecular weight is 461 g/mol. The molecule has 0 unspecified atom stereocenters. The van der Waals surface area contributed by atoms with Crippen LogP contribution in [0.25, 0.3) is 0 Å². The Kier molecular flexibility index (Phi) is 4.13. The Bertz CT molecular complexity index is 853. The standard InChI is InChI=1S/C28H44O5/c1-22(2,3)27(29)16-24(5)20(6-7-28(24)32-12-13-33-28)19-14-18-15-25(18)17-26(30-10-11-31-26)9-8-23(25,4)21(19)27/h18-21,29H,6-17H2,1-5H3/t18-,19+,20+,21+,23-,24+,25-,27+/m1/s1. The topological polar surface area (TPSA) is 57.2 Å². The number of fused-ring (bicyclic) bond motifs is 5. The van der Waals surface area contributed by atoms with Crippen molar-refractivity contribution >= 4 is 0 Å². The molecule has 0 amide bonds. The van der Waals surface area contributed by atoms with Crippen LogP contribution < -0.4 is 0 Å². The molecule has 0 aromatic rings. The zero-order valence-electron chi connectivity index (χ0n) is 21.4. The van der Waals surface area contributed by atoms with E-state index in [9.17, 15) is 5.11 Å². The molecule has 1 N–H and O–H groups in total. The van der Waals surface area contributed by atoms with Gasteiger partial charge in [-0.3, -0.25) is 0 Å². The van der Waals surface area contributed by atoms with Gasteiger partial charge in [-0.2, -0.15) is 0 Å². The number of rotatable bonds is 0. The van der Waals surface area contributed by atoms with Gasteiger partial charge in [0.15, 0.2) is 11.6 Å². The predicted molar refractivity (Wildman–Crippen MR) is 123 cm³/mol. The van der Waals surface area contributed by atoms with Crippen molar-refractivity contribution in [1.29, 1.82) is 0 Å². The van der Waals surface area contributed by atoms with Crippen molar-refractivity contribution in [1.82, 2.24) is 0 Å². The van der Waals surface area contributed by atoms with Crippen molar-refractivity contribution < 1.29 is 24.1 Å². The Morgan fingerprint density at radius 2 is 1.48 bits per heavy atom. The zero-order chi connectivity index (χ0) is 23.1. The average Bonchev–Trinajstić information content (AvgIpc) is 3.09. The summed E-state index contributed by atoms with van der Waals surface area (Å²) in [5.74, 6) is 1.29. The molecule has 2 aliphatic heterocycles. The smallest absolute Gasteiger partial charge is 0.174 e. The molecule has 33 heavy (non-hydrogen) atoms. The Balaban J connectivity index is 1.35. The number of aliphatic hydroxyl groups is 1. The van der Waals surface area contributed by atoms with Crippen molar-refractivity contribution in [2.75, 3.05) is 26.4 Å². The Hall–Kier alpha value is -0.200. The van der Waals surface area contributed by atoms with Crippen LogP contribution in [0.1, 0.15) is 86.0 Å².